The maximum Gasteiger partial charge on any atom is 0.0629 e. The van der Waals surface area contributed by atoms with E-state index in [-0.39, 0.29) is 0 Å². The Balaban J connectivity index is 2.13. The molecule has 0 bridgehead atoms. The molecule has 17 heavy (non-hydrogen) atoms. The lowest BCUT2D eigenvalue weighted by atomic mass is 9.87. The molecule has 1 heteroatoms. The Labute approximate surface area is 104 Å². The second-order valence-corrected chi connectivity index (χ2v) is 4.69. The first kappa shape index (κ1) is 11.8. The van der Waals surface area contributed by atoms with Crippen LogP contribution in [0.1, 0.15) is 26.7 Å². The lowest BCUT2D eigenvalue weighted by molar-refractivity contribution is 0.570. The van der Waals surface area contributed by atoms with E-state index in [0.717, 1.165) is 18.0 Å². The van der Waals surface area contributed by atoms with Crippen molar-refractivity contribution >= 4 is 11.9 Å². The van der Waals surface area contributed by atoms with E-state index in [9.17, 15) is 0 Å². The summed E-state index contributed by atoms with van der Waals surface area (Å²) < 4.78 is 0. The number of aliphatic imine (C=N–C) groups is 1. The number of rotatable bonds is 2. The Kier molecular flexibility index (Phi) is 3.92. The van der Waals surface area contributed by atoms with Gasteiger partial charge < -0.3 is 0 Å². The Bertz CT molecular complexity index is 452. The molecule has 1 nitrogen and oxygen atoms in total. The first-order valence-electron chi connectivity index (χ1n) is 6.23. The van der Waals surface area contributed by atoms with Gasteiger partial charge in [0, 0.05) is 6.21 Å². The molecule has 0 saturated carbocycles. The first-order valence-corrected chi connectivity index (χ1v) is 6.23. The molecule has 1 aliphatic rings. The average Bonchev–Trinajstić information content (AvgIpc) is 2.37. The molecule has 88 valence electrons. The molecule has 0 aromatic heterocycles. The summed E-state index contributed by atoms with van der Waals surface area (Å²) in [5, 5.41) is 0. The minimum absolute atomic E-state index is 0.725. The monoisotopic (exact) mass is 225 g/mol. The molecule has 0 spiro atoms. The fourth-order valence-electron chi connectivity index (χ4n) is 2.20. The van der Waals surface area contributed by atoms with E-state index in [2.05, 4.69) is 31.0 Å². The van der Waals surface area contributed by atoms with Gasteiger partial charge in [0.2, 0.25) is 0 Å². The molecule has 0 amide bonds. The largest absolute Gasteiger partial charge is 0.257 e. The van der Waals surface area contributed by atoms with Crippen molar-refractivity contribution in [2.24, 2.45) is 10.9 Å². The molecule has 1 aromatic rings. The Morgan fingerprint density at radius 3 is 2.65 bits per heavy atom. The lowest BCUT2D eigenvalue weighted by Gasteiger charge is -2.18. The molecule has 0 N–H and O–H groups in total. The van der Waals surface area contributed by atoms with Gasteiger partial charge in [-0.15, -0.1) is 0 Å². The van der Waals surface area contributed by atoms with Crippen molar-refractivity contribution in [3.05, 3.63) is 53.6 Å². The van der Waals surface area contributed by atoms with Crippen LogP contribution in [0.25, 0.3) is 0 Å². The van der Waals surface area contributed by atoms with Crippen LogP contribution in [0.15, 0.2) is 58.6 Å². The molecule has 1 aliphatic carbocycles. The summed E-state index contributed by atoms with van der Waals surface area (Å²) in [6.45, 7) is 4.41. The zero-order chi connectivity index (χ0) is 12.1. The van der Waals surface area contributed by atoms with Crippen molar-refractivity contribution in [2.75, 3.05) is 0 Å². The number of hydrogen-bond acceptors (Lipinski definition) is 1. The zero-order valence-electron chi connectivity index (χ0n) is 10.6. The zero-order valence-corrected chi connectivity index (χ0v) is 10.6. The number of benzene rings is 1. The lowest BCUT2D eigenvalue weighted by Crippen LogP contribution is -2.05. The fourth-order valence-corrected chi connectivity index (χ4v) is 2.20. The molecular formula is C16H19N. The highest BCUT2D eigenvalue weighted by Gasteiger charge is 2.12. The molecule has 2 rings (SSSR count). The van der Waals surface area contributed by atoms with E-state index in [1.54, 1.807) is 0 Å². The number of hydrogen-bond donors (Lipinski definition) is 0. The maximum absolute atomic E-state index is 4.51. The van der Waals surface area contributed by atoms with Crippen LogP contribution in [-0.2, 0) is 0 Å². The van der Waals surface area contributed by atoms with E-state index in [1.165, 1.54) is 17.6 Å². The van der Waals surface area contributed by atoms with Gasteiger partial charge in [0.15, 0.2) is 0 Å². The van der Waals surface area contributed by atoms with Gasteiger partial charge in [0.05, 0.1) is 5.69 Å². The predicted molar refractivity (Wildman–Crippen MR) is 74.8 cm³/mol. The van der Waals surface area contributed by atoms with E-state index >= 15 is 0 Å². The summed E-state index contributed by atoms with van der Waals surface area (Å²) in [5.74, 6) is 0.725. The van der Waals surface area contributed by atoms with Crippen molar-refractivity contribution in [3.8, 4) is 0 Å². The highest BCUT2D eigenvalue weighted by atomic mass is 14.7. The van der Waals surface area contributed by atoms with Gasteiger partial charge >= 0.3 is 0 Å². The molecule has 1 unspecified atom stereocenters. The maximum atomic E-state index is 4.51. The van der Waals surface area contributed by atoms with Crippen LogP contribution in [0.2, 0.25) is 0 Å². The Hall–Kier alpha value is -1.63. The van der Waals surface area contributed by atoms with Crippen LogP contribution in [0.3, 0.4) is 0 Å². The summed E-state index contributed by atoms with van der Waals surface area (Å²) in [6, 6.07) is 10.1. The summed E-state index contributed by atoms with van der Waals surface area (Å²) in [4.78, 5) is 4.51. The van der Waals surface area contributed by atoms with Gasteiger partial charge in [0.25, 0.3) is 0 Å². The molecule has 0 radical (unpaired) electrons. The molecule has 0 aliphatic heterocycles. The minimum Gasteiger partial charge on any atom is -0.257 e. The van der Waals surface area contributed by atoms with Crippen molar-refractivity contribution in [1.82, 2.24) is 0 Å². The topological polar surface area (TPSA) is 12.4 Å². The van der Waals surface area contributed by atoms with Crippen molar-refractivity contribution in [2.45, 2.75) is 26.7 Å². The molecule has 0 fully saturated rings. The highest BCUT2D eigenvalue weighted by Crippen LogP contribution is 2.26. The van der Waals surface area contributed by atoms with Crippen LogP contribution in [-0.4, -0.2) is 6.21 Å². The summed E-state index contributed by atoms with van der Waals surface area (Å²) in [5.41, 5.74) is 3.78. The second-order valence-electron chi connectivity index (χ2n) is 4.69. The van der Waals surface area contributed by atoms with Crippen molar-refractivity contribution in [3.63, 3.8) is 0 Å². The van der Waals surface area contributed by atoms with Gasteiger partial charge in [-0.2, -0.15) is 0 Å². The molecule has 1 atom stereocenters. The van der Waals surface area contributed by atoms with Crippen LogP contribution in [0.4, 0.5) is 5.69 Å². The van der Waals surface area contributed by atoms with Gasteiger partial charge in [-0.1, -0.05) is 42.8 Å². The number of nitrogens with zero attached hydrogens (tertiary/aromatic N) is 1. The predicted octanol–water partition coefficient (Wildman–Crippen LogP) is 4.69. The van der Waals surface area contributed by atoms with Gasteiger partial charge in [-0.05, 0) is 43.4 Å². The average molecular weight is 225 g/mol. The molecule has 0 heterocycles. The van der Waals surface area contributed by atoms with Crippen molar-refractivity contribution < 1.29 is 0 Å². The van der Waals surface area contributed by atoms with Crippen LogP contribution in [0.5, 0.6) is 0 Å². The SMILES string of the molecule is C/C=C1C=C(/C=N\c2ccccc2)CC(C)C/1. The number of para-hydroxylation sites is 1. The van der Waals surface area contributed by atoms with Gasteiger partial charge in [0.1, 0.15) is 0 Å². The first-order chi connectivity index (χ1) is 8.28. The van der Waals surface area contributed by atoms with E-state index in [4.69, 9.17) is 0 Å². The van der Waals surface area contributed by atoms with Crippen LogP contribution >= 0.6 is 0 Å². The van der Waals surface area contributed by atoms with Gasteiger partial charge in [-0.3, -0.25) is 4.99 Å². The molecular weight excluding hydrogens is 206 g/mol. The van der Waals surface area contributed by atoms with Crippen LogP contribution < -0.4 is 0 Å². The second kappa shape index (κ2) is 5.62. The summed E-state index contributed by atoms with van der Waals surface area (Å²) in [7, 11) is 0. The third kappa shape index (κ3) is 3.42. The van der Waals surface area contributed by atoms with E-state index < -0.39 is 0 Å². The summed E-state index contributed by atoms with van der Waals surface area (Å²) in [6.07, 6.45) is 8.81. The third-order valence-corrected chi connectivity index (χ3v) is 3.05. The van der Waals surface area contributed by atoms with E-state index in [0.29, 0.717) is 0 Å². The highest BCUT2D eigenvalue weighted by molar-refractivity contribution is 5.82. The van der Waals surface area contributed by atoms with E-state index in [1.807, 2.05) is 36.5 Å². The quantitative estimate of drug-likeness (QED) is 0.647. The fraction of sp³-hybridized carbons (Fsp3) is 0.312. The smallest absolute Gasteiger partial charge is 0.0629 e. The Morgan fingerprint density at radius 2 is 1.94 bits per heavy atom. The molecule has 1 aromatic carbocycles. The van der Waals surface area contributed by atoms with Crippen LogP contribution in [0, 0.1) is 5.92 Å². The minimum atomic E-state index is 0.725. The third-order valence-electron chi connectivity index (χ3n) is 3.05. The standard InChI is InChI=1S/C16H19N/c1-3-14-9-13(2)10-15(11-14)12-17-16-7-5-4-6-8-16/h3-8,11-13H,9-10H2,1-2H3/b14-3+,17-12-. The van der Waals surface area contributed by atoms with Crippen molar-refractivity contribution in [1.29, 1.82) is 0 Å². The Morgan fingerprint density at radius 1 is 1.18 bits per heavy atom. The summed E-state index contributed by atoms with van der Waals surface area (Å²) >= 11 is 0. The van der Waals surface area contributed by atoms with Gasteiger partial charge in [-0.25, -0.2) is 0 Å². The normalized spacial score (nSPS) is 23.1. The number of allylic oxidation sites excluding steroid dienone is 4. The molecule has 0 saturated heterocycles.